The first kappa shape index (κ1) is 44.2. The average Bonchev–Trinajstić information content (AvgIpc) is 3.95. The Kier molecular flexibility index (Phi) is 9.13. The van der Waals surface area contributed by atoms with E-state index >= 15 is 0 Å². The van der Waals surface area contributed by atoms with Crippen molar-refractivity contribution in [3.63, 3.8) is 0 Å². The van der Waals surface area contributed by atoms with Crippen LogP contribution in [0, 0.1) is 0 Å². The summed E-state index contributed by atoms with van der Waals surface area (Å²) in [5.74, 6) is 0. The molecule has 5 heterocycles. The van der Waals surface area contributed by atoms with E-state index in [2.05, 4.69) is 233 Å². The predicted octanol–water partition coefficient (Wildman–Crippen LogP) is 15.3. The molecule has 6 heteroatoms. The Labute approximate surface area is 424 Å². The van der Waals surface area contributed by atoms with E-state index < -0.39 is 5.41 Å². The van der Waals surface area contributed by atoms with Gasteiger partial charge in [0.25, 0.3) is 6.71 Å². The molecule has 9 aromatic rings. The van der Waals surface area contributed by atoms with Gasteiger partial charge in [0.15, 0.2) is 0 Å². The highest BCUT2D eigenvalue weighted by atomic mass is 32.1. The van der Waals surface area contributed by atoms with Crippen molar-refractivity contribution < 1.29 is 0 Å². The molecule has 71 heavy (non-hydrogen) atoms. The Balaban J connectivity index is 1.15. The molecular weight excluding hydrogens is 880 g/mol. The van der Waals surface area contributed by atoms with Crippen LogP contribution in [0.5, 0.6) is 0 Å². The van der Waals surface area contributed by atoms with Gasteiger partial charge in [-0.05, 0) is 166 Å². The fourth-order valence-electron chi connectivity index (χ4n) is 12.5. The second-order valence-electron chi connectivity index (χ2n) is 24.7. The second-order valence-corrected chi connectivity index (χ2v) is 25.8. The van der Waals surface area contributed by atoms with Crippen molar-refractivity contribution in [2.24, 2.45) is 0 Å². The Morgan fingerprint density at radius 2 is 0.958 bits per heavy atom. The van der Waals surface area contributed by atoms with Gasteiger partial charge in [0.05, 0.1) is 11.1 Å². The smallest absolute Gasteiger partial charge is 0.264 e. The highest BCUT2D eigenvalue weighted by Crippen LogP contribution is 2.64. The number of hydrogen-bond acceptors (Lipinski definition) is 5. The SMILES string of the molecule is CC(C)(C)c1ccc(N2c3cc(C(C)(C)C)ccc3B3c4sc5cc6c(cc5c4N(c4ccc(C(C)(C)C)cc4)c4cc(C(C)(C)C)cc2c43)-c2ccccc2C62c3cnccc3-c3ccncc32)cc1. The lowest BCUT2D eigenvalue weighted by molar-refractivity contribution is 0.589. The summed E-state index contributed by atoms with van der Waals surface area (Å²) in [6.45, 7) is 28.0. The highest BCUT2D eigenvalue weighted by molar-refractivity contribution is 7.33. The van der Waals surface area contributed by atoms with Gasteiger partial charge in [-0.25, -0.2) is 0 Å². The fraction of sp³-hybridized carbons (Fsp3) is 0.262. The minimum atomic E-state index is -0.540. The summed E-state index contributed by atoms with van der Waals surface area (Å²) in [6.07, 6.45) is 8.11. The van der Waals surface area contributed by atoms with E-state index in [1.165, 1.54) is 127 Å². The van der Waals surface area contributed by atoms with Crippen LogP contribution in [0.25, 0.3) is 32.3 Å². The zero-order valence-electron chi connectivity index (χ0n) is 43.2. The predicted molar refractivity (Wildman–Crippen MR) is 303 cm³/mol. The zero-order chi connectivity index (χ0) is 49.3. The third kappa shape index (κ3) is 6.22. The first-order valence-electron chi connectivity index (χ1n) is 25.5. The van der Waals surface area contributed by atoms with Crippen LogP contribution < -0.4 is 25.5 Å². The van der Waals surface area contributed by atoms with Crippen molar-refractivity contribution in [2.45, 2.75) is 110 Å². The van der Waals surface area contributed by atoms with Gasteiger partial charge in [-0.1, -0.05) is 144 Å². The van der Waals surface area contributed by atoms with Crippen molar-refractivity contribution in [3.05, 3.63) is 197 Å². The molecule has 4 aliphatic rings. The van der Waals surface area contributed by atoms with Crippen LogP contribution >= 0.6 is 11.3 Å². The summed E-state index contributed by atoms with van der Waals surface area (Å²) in [6, 6.07) is 50.0. The molecule has 0 saturated heterocycles. The monoisotopic (exact) mass is 940 g/mol. The average molecular weight is 941 g/mol. The number of rotatable bonds is 2. The van der Waals surface area contributed by atoms with E-state index in [9.17, 15) is 0 Å². The molecular formula is C65H61BN4S. The number of benzene rings is 6. The topological polar surface area (TPSA) is 32.3 Å². The Morgan fingerprint density at radius 3 is 1.54 bits per heavy atom. The van der Waals surface area contributed by atoms with E-state index in [-0.39, 0.29) is 28.4 Å². The number of thiophene rings is 1. The van der Waals surface area contributed by atoms with Crippen LogP contribution in [0.4, 0.5) is 34.1 Å². The fourth-order valence-corrected chi connectivity index (χ4v) is 13.8. The molecule has 0 saturated carbocycles. The van der Waals surface area contributed by atoms with Crippen LogP contribution in [-0.2, 0) is 27.1 Å². The normalized spacial score (nSPS) is 15.1. The van der Waals surface area contributed by atoms with E-state index in [0.29, 0.717) is 0 Å². The van der Waals surface area contributed by atoms with Crippen LogP contribution in [0.15, 0.2) is 152 Å². The van der Waals surface area contributed by atoms with Gasteiger partial charge < -0.3 is 9.80 Å². The van der Waals surface area contributed by atoms with Crippen molar-refractivity contribution in [3.8, 4) is 22.3 Å². The second kappa shape index (κ2) is 14.7. The molecule has 2 aliphatic carbocycles. The quantitative estimate of drug-likeness (QED) is 0.162. The summed E-state index contributed by atoms with van der Waals surface area (Å²) >= 11 is 1.99. The third-order valence-corrected chi connectivity index (χ3v) is 17.5. The molecule has 13 rings (SSSR count). The maximum atomic E-state index is 4.82. The number of aromatic nitrogens is 2. The Bertz CT molecular complexity index is 3660. The first-order valence-corrected chi connectivity index (χ1v) is 26.3. The number of nitrogens with zero attached hydrogens (tertiary/aromatic N) is 4. The maximum Gasteiger partial charge on any atom is 0.264 e. The molecule has 6 aromatic carbocycles. The van der Waals surface area contributed by atoms with E-state index in [4.69, 9.17) is 9.97 Å². The van der Waals surface area contributed by atoms with E-state index in [1.807, 2.05) is 23.7 Å². The van der Waals surface area contributed by atoms with Crippen molar-refractivity contribution in [1.82, 2.24) is 9.97 Å². The van der Waals surface area contributed by atoms with Gasteiger partial charge in [0.1, 0.15) is 0 Å². The lowest BCUT2D eigenvalue weighted by Gasteiger charge is -2.44. The van der Waals surface area contributed by atoms with Crippen molar-refractivity contribution >= 4 is 78.0 Å². The van der Waals surface area contributed by atoms with Gasteiger partial charge in [0.2, 0.25) is 0 Å². The Morgan fingerprint density at radius 1 is 0.451 bits per heavy atom. The summed E-state index contributed by atoms with van der Waals surface area (Å²) < 4.78 is 2.67. The highest BCUT2D eigenvalue weighted by Gasteiger charge is 2.53. The van der Waals surface area contributed by atoms with Crippen LogP contribution in [0.2, 0.25) is 0 Å². The number of hydrogen-bond donors (Lipinski definition) is 0. The minimum absolute atomic E-state index is 0.00180. The number of pyridine rings is 2. The summed E-state index contributed by atoms with van der Waals surface area (Å²) in [7, 11) is 0. The summed E-state index contributed by atoms with van der Waals surface area (Å²) in [4.78, 5) is 14.9. The first-order chi connectivity index (χ1) is 33.7. The molecule has 0 unspecified atom stereocenters. The van der Waals surface area contributed by atoms with Gasteiger partial charge in [-0.15, -0.1) is 11.3 Å². The molecule has 0 amide bonds. The standard InChI is InChI=1S/C65H61BN4S/c1-61(2,3)38-17-22-42(23-18-38)69-54-31-40(63(7,8)9)21-26-53(54)66-58-55(69)32-41(64(10,11)12)33-56(58)70(43-24-19-39(20-25-43)62(4,5)6)59-48-34-47-44-15-13-14-16-49(44)65(50(47)35-57(48)71-60(59)66)51-36-67-29-27-45(51)46-28-30-68-37-52(46)65/h13-37H,1-12H3. The lowest BCUT2D eigenvalue weighted by atomic mass is 9.36. The minimum Gasteiger partial charge on any atom is -0.311 e. The molecule has 2 aliphatic heterocycles. The van der Waals surface area contributed by atoms with Crippen LogP contribution in [0.3, 0.4) is 0 Å². The Hall–Kier alpha value is -6.76. The summed E-state index contributed by atoms with van der Waals surface area (Å²) in [5, 5.41) is 1.28. The number of fused-ring (bicyclic) bond motifs is 16. The summed E-state index contributed by atoms with van der Waals surface area (Å²) in [5.41, 5.74) is 24.8. The van der Waals surface area contributed by atoms with Gasteiger partial charge in [-0.2, -0.15) is 0 Å². The molecule has 0 radical (unpaired) electrons. The van der Waals surface area contributed by atoms with Gasteiger partial charge in [0, 0.05) is 68.1 Å². The molecule has 0 N–H and O–H groups in total. The molecule has 0 atom stereocenters. The van der Waals surface area contributed by atoms with E-state index in [1.54, 1.807) is 0 Å². The largest absolute Gasteiger partial charge is 0.311 e. The zero-order valence-corrected chi connectivity index (χ0v) is 44.0. The van der Waals surface area contributed by atoms with Gasteiger partial charge >= 0.3 is 0 Å². The van der Waals surface area contributed by atoms with Crippen LogP contribution in [0.1, 0.15) is 128 Å². The van der Waals surface area contributed by atoms with E-state index in [0.717, 1.165) is 0 Å². The number of anilines is 6. The van der Waals surface area contributed by atoms with Gasteiger partial charge in [-0.3, -0.25) is 9.97 Å². The molecule has 0 bridgehead atoms. The van der Waals surface area contributed by atoms with Crippen molar-refractivity contribution in [2.75, 3.05) is 9.80 Å². The molecule has 1 spiro atoms. The third-order valence-electron chi connectivity index (χ3n) is 16.3. The maximum absolute atomic E-state index is 4.82. The van der Waals surface area contributed by atoms with Crippen molar-refractivity contribution in [1.29, 1.82) is 0 Å². The van der Waals surface area contributed by atoms with Crippen LogP contribution in [-0.4, -0.2) is 16.7 Å². The molecule has 0 fully saturated rings. The molecule has 3 aromatic heterocycles. The molecule has 4 nitrogen and oxygen atoms in total. The molecule has 350 valence electrons. The lowest BCUT2D eigenvalue weighted by Crippen LogP contribution is -2.60.